The summed E-state index contributed by atoms with van der Waals surface area (Å²) in [5.41, 5.74) is 0. The first-order chi connectivity index (χ1) is 35.0. The quantitative estimate of drug-likeness (QED) is 0.0261. The second-order valence-corrected chi connectivity index (χ2v) is 19.9. The Morgan fingerprint density at radius 2 is 0.549 bits per heavy atom. The van der Waals surface area contributed by atoms with E-state index in [1.54, 1.807) is 0 Å². The van der Waals surface area contributed by atoms with Gasteiger partial charge >= 0.3 is 17.9 Å². The minimum Gasteiger partial charge on any atom is -0.462 e. The summed E-state index contributed by atoms with van der Waals surface area (Å²) >= 11 is 0. The maximum atomic E-state index is 12.8. The molecule has 1 unspecified atom stereocenters. The predicted molar refractivity (Wildman–Crippen MR) is 307 cm³/mol. The second-order valence-electron chi connectivity index (χ2n) is 19.9. The van der Waals surface area contributed by atoms with Crippen LogP contribution >= 0.6 is 0 Å². The normalized spacial score (nSPS) is 12.7. The third-order valence-corrected chi connectivity index (χ3v) is 12.9. The molecule has 0 spiro atoms. The molecular formula is C65H112O6. The summed E-state index contributed by atoms with van der Waals surface area (Å²) in [5, 5.41) is 0. The highest BCUT2D eigenvalue weighted by Crippen LogP contribution is 2.16. The predicted octanol–water partition coefficient (Wildman–Crippen LogP) is 20.3. The van der Waals surface area contributed by atoms with Crippen LogP contribution in [0.25, 0.3) is 0 Å². The Morgan fingerprint density at radius 3 is 0.887 bits per heavy atom. The van der Waals surface area contributed by atoms with Crippen LogP contribution in [-0.4, -0.2) is 37.2 Å². The van der Waals surface area contributed by atoms with E-state index in [1.807, 2.05) is 0 Å². The van der Waals surface area contributed by atoms with E-state index >= 15 is 0 Å². The van der Waals surface area contributed by atoms with E-state index in [9.17, 15) is 14.4 Å². The van der Waals surface area contributed by atoms with E-state index in [0.29, 0.717) is 19.3 Å². The Bertz CT molecular complexity index is 1370. The van der Waals surface area contributed by atoms with Gasteiger partial charge in [0.2, 0.25) is 0 Å². The summed E-state index contributed by atoms with van der Waals surface area (Å²) in [6, 6.07) is 0. The molecule has 1 atom stereocenters. The van der Waals surface area contributed by atoms with Crippen LogP contribution in [0.15, 0.2) is 85.1 Å². The average molecular weight is 990 g/mol. The number of hydrogen-bond donors (Lipinski definition) is 0. The number of hydrogen-bond acceptors (Lipinski definition) is 6. The molecule has 0 heterocycles. The van der Waals surface area contributed by atoms with Crippen LogP contribution in [0.1, 0.15) is 290 Å². The van der Waals surface area contributed by atoms with Gasteiger partial charge in [-0.15, -0.1) is 0 Å². The van der Waals surface area contributed by atoms with Gasteiger partial charge in [0.25, 0.3) is 0 Å². The molecule has 0 radical (unpaired) electrons. The van der Waals surface area contributed by atoms with Crippen molar-refractivity contribution in [2.75, 3.05) is 13.2 Å². The molecule has 0 aliphatic heterocycles. The van der Waals surface area contributed by atoms with Crippen LogP contribution < -0.4 is 0 Å². The van der Waals surface area contributed by atoms with Crippen molar-refractivity contribution >= 4 is 17.9 Å². The van der Waals surface area contributed by atoms with Crippen molar-refractivity contribution in [1.82, 2.24) is 0 Å². The highest BCUT2D eigenvalue weighted by molar-refractivity contribution is 5.71. The Hall–Kier alpha value is -3.41. The van der Waals surface area contributed by atoms with Gasteiger partial charge in [-0.2, -0.15) is 0 Å². The minimum absolute atomic E-state index is 0.0777. The maximum absolute atomic E-state index is 12.8. The number of carbonyl (C=O) groups is 3. The van der Waals surface area contributed by atoms with Crippen LogP contribution in [0.4, 0.5) is 0 Å². The highest BCUT2D eigenvalue weighted by Gasteiger charge is 2.19. The summed E-state index contributed by atoms with van der Waals surface area (Å²) in [6.07, 6.45) is 77.8. The fourth-order valence-electron chi connectivity index (χ4n) is 8.38. The van der Waals surface area contributed by atoms with Crippen molar-refractivity contribution in [3.8, 4) is 0 Å². The number of allylic oxidation sites excluding steroid dienone is 14. The smallest absolute Gasteiger partial charge is 0.306 e. The molecule has 0 aliphatic rings. The molecule has 6 heteroatoms. The van der Waals surface area contributed by atoms with E-state index in [1.165, 1.54) is 141 Å². The molecular weight excluding hydrogens is 877 g/mol. The van der Waals surface area contributed by atoms with Crippen LogP contribution in [0.5, 0.6) is 0 Å². The monoisotopic (exact) mass is 989 g/mol. The lowest BCUT2D eigenvalue weighted by molar-refractivity contribution is -0.167. The molecule has 0 aliphatic carbocycles. The lowest BCUT2D eigenvalue weighted by Gasteiger charge is -2.18. The highest BCUT2D eigenvalue weighted by atomic mass is 16.6. The first-order valence-corrected chi connectivity index (χ1v) is 30.1. The van der Waals surface area contributed by atoms with Gasteiger partial charge in [0.1, 0.15) is 13.2 Å². The largest absolute Gasteiger partial charge is 0.462 e. The lowest BCUT2D eigenvalue weighted by atomic mass is 10.0. The van der Waals surface area contributed by atoms with Gasteiger partial charge in [0, 0.05) is 19.3 Å². The van der Waals surface area contributed by atoms with Crippen LogP contribution in [0, 0.1) is 0 Å². The average Bonchev–Trinajstić information content (AvgIpc) is 3.37. The molecule has 0 aromatic carbocycles. The number of ether oxygens (including phenoxy) is 3. The zero-order valence-electron chi connectivity index (χ0n) is 46.7. The van der Waals surface area contributed by atoms with Gasteiger partial charge in [-0.1, -0.05) is 260 Å². The van der Waals surface area contributed by atoms with Gasteiger partial charge < -0.3 is 14.2 Å². The van der Waals surface area contributed by atoms with Crippen molar-refractivity contribution in [2.24, 2.45) is 0 Å². The van der Waals surface area contributed by atoms with E-state index < -0.39 is 6.10 Å². The van der Waals surface area contributed by atoms with Gasteiger partial charge in [-0.25, -0.2) is 0 Å². The summed E-state index contributed by atoms with van der Waals surface area (Å²) in [4.78, 5) is 37.8. The Kier molecular flexibility index (Phi) is 56.3. The van der Waals surface area contributed by atoms with E-state index in [0.717, 1.165) is 109 Å². The van der Waals surface area contributed by atoms with Crippen LogP contribution in [-0.2, 0) is 28.6 Å². The van der Waals surface area contributed by atoms with Crippen molar-refractivity contribution in [3.63, 3.8) is 0 Å². The third-order valence-electron chi connectivity index (χ3n) is 12.9. The molecule has 0 saturated heterocycles. The number of rotatable bonds is 54. The lowest BCUT2D eigenvalue weighted by Crippen LogP contribution is -2.30. The molecule has 0 rings (SSSR count). The van der Waals surface area contributed by atoms with Crippen molar-refractivity contribution in [2.45, 2.75) is 297 Å². The maximum Gasteiger partial charge on any atom is 0.306 e. The first kappa shape index (κ1) is 67.6. The third kappa shape index (κ3) is 57.4. The molecule has 0 saturated carbocycles. The van der Waals surface area contributed by atoms with Gasteiger partial charge in [-0.3, -0.25) is 14.4 Å². The Labute approximate surface area is 439 Å². The van der Waals surface area contributed by atoms with Crippen LogP contribution in [0.2, 0.25) is 0 Å². The summed E-state index contributed by atoms with van der Waals surface area (Å²) in [5.74, 6) is -0.893. The second kappa shape index (κ2) is 59.2. The topological polar surface area (TPSA) is 78.9 Å². The summed E-state index contributed by atoms with van der Waals surface area (Å²) in [6.45, 7) is 6.43. The molecule has 0 amide bonds. The van der Waals surface area contributed by atoms with Gasteiger partial charge in [0.05, 0.1) is 0 Å². The molecule has 71 heavy (non-hydrogen) atoms. The Morgan fingerprint density at radius 1 is 0.296 bits per heavy atom. The molecule has 0 bridgehead atoms. The van der Waals surface area contributed by atoms with E-state index in [4.69, 9.17) is 14.2 Å². The fourth-order valence-corrected chi connectivity index (χ4v) is 8.38. The summed E-state index contributed by atoms with van der Waals surface area (Å²) < 4.78 is 16.7. The van der Waals surface area contributed by atoms with Crippen molar-refractivity contribution in [3.05, 3.63) is 85.1 Å². The Balaban J connectivity index is 4.00. The summed E-state index contributed by atoms with van der Waals surface area (Å²) in [7, 11) is 0. The first-order valence-electron chi connectivity index (χ1n) is 30.1. The van der Waals surface area contributed by atoms with Crippen LogP contribution in [0.3, 0.4) is 0 Å². The number of unbranched alkanes of at least 4 members (excludes halogenated alkanes) is 29. The number of carbonyl (C=O) groups excluding carboxylic acids is 3. The minimum atomic E-state index is -0.775. The molecule has 0 aromatic rings. The van der Waals surface area contributed by atoms with E-state index in [2.05, 4.69) is 106 Å². The zero-order chi connectivity index (χ0) is 51.4. The standard InChI is InChI=1S/C65H112O6/c1-4-7-10-13-15-17-19-21-23-25-26-27-28-29-30-31-32-33-34-35-36-37-38-40-41-43-45-47-49-52-55-58-64(67)70-61-62(60-69-63(66)57-54-51-12-9-6-3)71-65(68)59-56-53-50-48-46-44-42-39-24-22-20-18-16-14-11-8-5-2/h7,10,15-18,21-24,26-27,29-30,62H,4-6,8-9,11-14,19-20,25,28,31-61H2,1-3H3/b10-7-,17-15-,18-16-,23-21-,24-22-,27-26-,30-29-. The molecule has 0 aromatic heterocycles. The zero-order valence-corrected chi connectivity index (χ0v) is 46.7. The van der Waals surface area contributed by atoms with Crippen molar-refractivity contribution in [1.29, 1.82) is 0 Å². The fraction of sp³-hybridized carbons (Fsp3) is 0.738. The van der Waals surface area contributed by atoms with Gasteiger partial charge in [0.15, 0.2) is 6.10 Å². The van der Waals surface area contributed by atoms with Crippen molar-refractivity contribution < 1.29 is 28.6 Å². The molecule has 0 fully saturated rings. The number of esters is 3. The molecule has 408 valence electrons. The molecule has 6 nitrogen and oxygen atoms in total. The van der Waals surface area contributed by atoms with E-state index in [-0.39, 0.29) is 31.1 Å². The SMILES string of the molecule is CC/C=C\C/C=C\C/C=C\C/C=C\C/C=C\CCCCCCCCCCCCCCCCCC(=O)OCC(COC(=O)CCCCCCC)OC(=O)CCCCCCCCC/C=C\C/C=C\CCCCC. The molecule has 0 N–H and O–H groups in total. The van der Waals surface area contributed by atoms with Gasteiger partial charge in [-0.05, 0) is 96.3 Å².